The van der Waals surface area contributed by atoms with Crippen LogP contribution in [0.3, 0.4) is 0 Å². The van der Waals surface area contributed by atoms with E-state index in [-0.39, 0.29) is 6.42 Å². The van der Waals surface area contributed by atoms with Gasteiger partial charge < -0.3 is 4.74 Å². The fraction of sp³-hybridized carbons (Fsp3) is 0.615. The van der Waals surface area contributed by atoms with Crippen LogP contribution in [0.15, 0.2) is 12.4 Å². The van der Waals surface area contributed by atoms with Crippen molar-refractivity contribution in [2.45, 2.75) is 31.9 Å². The van der Waals surface area contributed by atoms with Crippen molar-refractivity contribution in [3.8, 4) is 0 Å². The summed E-state index contributed by atoms with van der Waals surface area (Å²) in [4.78, 5) is 23.2. The lowest BCUT2D eigenvalue weighted by atomic mass is 10.1. The van der Waals surface area contributed by atoms with Gasteiger partial charge in [-0.05, 0) is 18.9 Å². The third kappa shape index (κ3) is 4.83. The van der Waals surface area contributed by atoms with Crippen LogP contribution in [0.2, 0.25) is 0 Å². The average Bonchev–Trinajstić information content (AvgIpc) is 2.87. The molecule has 9 heteroatoms. The van der Waals surface area contributed by atoms with Crippen molar-refractivity contribution in [3.63, 3.8) is 0 Å². The highest BCUT2D eigenvalue weighted by Gasteiger charge is 2.32. The first-order valence-electron chi connectivity index (χ1n) is 6.77. The second-order valence-corrected chi connectivity index (χ2v) is 7.15. The van der Waals surface area contributed by atoms with Crippen LogP contribution in [-0.2, 0) is 37.8 Å². The van der Waals surface area contributed by atoms with E-state index in [0.29, 0.717) is 6.42 Å². The Morgan fingerprint density at radius 1 is 1.41 bits per heavy atom. The molecule has 1 rings (SSSR count). The maximum absolute atomic E-state index is 12.1. The molecule has 0 saturated heterocycles. The molecular formula is C13H21N3O5S. The number of nitrogens with one attached hydrogen (secondary N) is 1. The van der Waals surface area contributed by atoms with E-state index < -0.39 is 33.1 Å². The smallest absolute Gasteiger partial charge is 0.309 e. The SMILES string of the molecule is COC(=O)[C@@H](C)[C@@H](C)S(=O)(=O)NC(=O)CCc1cnn(C)c1. The van der Waals surface area contributed by atoms with Gasteiger partial charge in [0.2, 0.25) is 15.9 Å². The van der Waals surface area contributed by atoms with Gasteiger partial charge in [-0.25, -0.2) is 8.42 Å². The number of methoxy groups -OCH3 is 1. The van der Waals surface area contributed by atoms with Crippen molar-refractivity contribution in [1.82, 2.24) is 14.5 Å². The molecule has 8 nitrogen and oxygen atoms in total. The molecule has 1 aromatic rings. The summed E-state index contributed by atoms with van der Waals surface area (Å²) in [5, 5.41) is 2.90. The Bertz CT molecular complexity index is 638. The zero-order valence-electron chi connectivity index (χ0n) is 13.1. The maximum Gasteiger partial charge on any atom is 0.309 e. The molecule has 0 aliphatic heterocycles. The monoisotopic (exact) mass is 331 g/mol. The molecule has 0 fully saturated rings. The lowest BCUT2D eigenvalue weighted by molar-refractivity contribution is -0.144. The predicted octanol–water partition coefficient (Wildman–Crippen LogP) is -0.00370. The van der Waals surface area contributed by atoms with Crippen molar-refractivity contribution in [1.29, 1.82) is 0 Å². The van der Waals surface area contributed by atoms with E-state index in [1.54, 1.807) is 24.1 Å². The fourth-order valence-electron chi connectivity index (χ4n) is 1.81. The lowest BCUT2D eigenvalue weighted by Gasteiger charge is -2.18. The van der Waals surface area contributed by atoms with Crippen LogP contribution in [0.5, 0.6) is 0 Å². The number of hydrogen-bond donors (Lipinski definition) is 1. The lowest BCUT2D eigenvalue weighted by Crippen LogP contribution is -2.42. The van der Waals surface area contributed by atoms with Crippen LogP contribution < -0.4 is 4.72 Å². The molecule has 0 bridgehead atoms. The Labute approximate surface area is 129 Å². The number of carbonyl (C=O) groups is 2. The molecule has 0 aliphatic carbocycles. The first-order chi connectivity index (χ1) is 10.2. The molecule has 0 spiro atoms. The summed E-state index contributed by atoms with van der Waals surface area (Å²) in [6.07, 6.45) is 3.77. The van der Waals surface area contributed by atoms with Gasteiger partial charge in [0.05, 0.1) is 24.5 Å². The van der Waals surface area contributed by atoms with E-state index in [1.807, 2.05) is 4.72 Å². The Hall–Kier alpha value is -1.90. The summed E-state index contributed by atoms with van der Waals surface area (Å²) in [7, 11) is -0.995. The van der Waals surface area contributed by atoms with Crippen molar-refractivity contribution >= 4 is 21.9 Å². The Balaban J connectivity index is 2.59. The number of esters is 1. The van der Waals surface area contributed by atoms with Gasteiger partial charge in [-0.2, -0.15) is 5.10 Å². The van der Waals surface area contributed by atoms with E-state index in [4.69, 9.17) is 0 Å². The molecule has 124 valence electrons. The van der Waals surface area contributed by atoms with Crippen molar-refractivity contribution in [2.75, 3.05) is 7.11 Å². The quantitative estimate of drug-likeness (QED) is 0.705. The largest absolute Gasteiger partial charge is 0.469 e. The zero-order valence-corrected chi connectivity index (χ0v) is 13.9. The molecule has 0 radical (unpaired) electrons. The summed E-state index contributed by atoms with van der Waals surface area (Å²) in [6, 6.07) is 0. The van der Waals surface area contributed by atoms with Gasteiger partial charge >= 0.3 is 5.97 Å². The minimum absolute atomic E-state index is 0.0181. The summed E-state index contributed by atoms with van der Waals surface area (Å²) in [5.74, 6) is -2.12. The van der Waals surface area contributed by atoms with Crippen LogP contribution in [0.1, 0.15) is 25.8 Å². The second-order valence-electron chi connectivity index (χ2n) is 5.11. The van der Waals surface area contributed by atoms with Crippen LogP contribution >= 0.6 is 0 Å². The molecular weight excluding hydrogens is 310 g/mol. The topological polar surface area (TPSA) is 107 Å². The molecule has 0 unspecified atom stereocenters. The number of ether oxygens (including phenoxy) is 1. The van der Waals surface area contributed by atoms with Gasteiger partial charge in [-0.1, -0.05) is 6.92 Å². The molecule has 0 saturated carbocycles. The molecule has 2 atom stereocenters. The first-order valence-corrected chi connectivity index (χ1v) is 8.31. The summed E-state index contributed by atoms with van der Waals surface area (Å²) >= 11 is 0. The Kier molecular flexibility index (Phi) is 6.10. The van der Waals surface area contributed by atoms with Gasteiger partial charge in [0.15, 0.2) is 0 Å². The van der Waals surface area contributed by atoms with Crippen molar-refractivity contribution < 1.29 is 22.7 Å². The highest BCUT2D eigenvalue weighted by atomic mass is 32.2. The highest BCUT2D eigenvalue weighted by Crippen LogP contribution is 2.13. The maximum atomic E-state index is 12.1. The first kappa shape index (κ1) is 18.1. The van der Waals surface area contributed by atoms with Crippen LogP contribution in [0.4, 0.5) is 0 Å². The highest BCUT2D eigenvalue weighted by molar-refractivity contribution is 7.90. The fourth-order valence-corrected chi connectivity index (χ4v) is 3.06. The van der Waals surface area contributed by atoms with Gasteiger partial charge in [0, 0.05) is 19.7 Å². The number of nitrogens with zero attached hydrogens (tertiary/aromatic N) is 2. The summed E-state index contributed by atoms with van der Waals surface area (Å²) < 4.78 is 32.2. The number of sulfonamides is 1. The van der Waals surface area contributed by atoms with Crippen molar-refractivity contribution in [2.24, 2.45) is 13.0 Å². The summed E-state index contributed by atoms with van der Waals surface area (Å²) in [6.45, 7) is 2.80. The average molecular weight is 331 g/mol. The number of carbonyl (C=O) groups excluding carboxylic acids is 2. The van der Waals surface area contributed by atoms with Gasteiger partial charge in [0.1, 0.15) is 0 Å². The van der Waals surface area contributed by atoms with Gasteiger partial charge in [-0.3, -0.25) is 19.0 Å². The zero-order chi connectivity index (χ0) is 16.9. The van der Waals surface area contributed by atoms with E-state index >= 15 is 0 Å². The van der Waals surface area contributed by atoms with Crippen LogP contribution in [-0.4, -0.2) is 42.4 Å². The third-order valence-corrected chi connectivity index (χ3v) is 5.32. The minimum Gasteiger partial charge on any atom is -0.469 e. The molecule has 22 heavy (non-hydrogen) atoms. The molecule has 1 N–H and O–H groups in total. The number of rotatable bonds is 7. The van der Waals surface area contributed by atoms with Crippen LogP contribution in [0, 0.1) is 5.92 Å². The number of aromatic nitrogens is 2. The standard InChI is InChI=1S/C13H21N3O5S/c1-9(13(18)21-4)10(2)22(19,20)15-12(17)6-5-11-7-14-16(3)8-11/h7-10H,5-6H2,1-4H3,(H,15,17)/t9-,10+/m0/s1. The molecule has 0 aromatic carbocycles. The van der Waals surface area contributed by atoms with Crippen molar-refractivity contribution in [3.05, 3.63) is 18.0 Å². The molecule has 1 amide bonds. The second kappa shape index (κ2) is 7.39. The number of amides is 1. The minimum atomic E-state index is -3.93. The van der Waals surface area contributed by atoms with E-state index in [1.165, 1.54) is 21.0 Å². The van der Waals surface area contributed by atoms with E-state index in [0.717, 1.165) is 5.56 Å². The van der Waals surface area contributed by atoms with Crippen LogP contribution in [0.25, 0.3) is 0 Å². The normalized spacial score (nSPS) is 14.2. The molecule has 0 aliphatic rings. The van der Waals surface area contributed by atoms with E-state index in [2.05, 4.69) is 9.84 Å². The number of aryl methyl sites for hydroxylation is 2. The molecule has 1 aromatic heterocycles. The molecule has 1 heterocycles. The van der Waals surface area contributed by atoms with E-state index in [9.17, 15) is 18.0 Å². The summed E-state index contributed by atoms with van der Waals surface area (Å²) in [5.41, 5.74) is 0.839. The van der Waals surface area contributed by atoms with Gasteiger partial charge in [0.25, 0.3) is 0 Å². The predicted molar refractivity (Wildman–Crippen MR) is 79.2 cm³/mol. The number of hydrogen-bond acceptors (Lipinski definition) is 6. The Morgan fingerprint density at radius 3 is 2.55 bits per heavy atom. The third-order valence-electron chi connectivity index (χ3n) is 3.42. The van der Waals surface area contributed by atoms with Gasteiger partial charge in [-0.15, -0.1) is 0 Å². The Morgan fingerprint density at radius 2 is 2.05 bits per heavy atom.